The van der Waals surface area contributed by atoms with Crippen molar-refractivity contribution in [2.75, 3.05) is 18.4 Å². The summed E-state index contributed by atoms with van der Waals surface area (Å²) >= 11 is 0. The molecule has 0 bridgehead atoms. The summed E-state index contributed by atoms with van der Waals surface area (Å²) in [7, 11) is 0. The maximum atomic E-state index is 14.1. The summed E-state index contributed by atoms with van der Waals surface area (Å²) in [5.41, 5.74) is -0.562. The normalized spacial score (nSPS) is 18.6. The van der Waals surface area contributed by atoms with E-state index in [1.54, 1.807) is 36.1 Å². The quantitative estimate of drug-likeness (QED) is 0.468. The second-order valence-electron chi connectivity index (χ2n) is 9.89. The fraction of sp³-hybridized carbons (Fsp3) is 0.429. The number of anilines is 1. The van der Waals surface area contributed by atoms with E-state index in [0.29, 0.717) is 24.3 Å². The Morgan fingerprint density at radius 1 is 1.21 bits per heavy atom. The molecule has 206 valence electrons. The predicted octanol–water partition coefficient (Wildman–Crippen LogP) is 5.06. The number of aryl methyl sites for hydroxylation is 1. The first-order chi connectivity index (χ1) is 18.4. The molecule has 39 heavy (non-hydrogen) atoms. The van der Waals surface area contributed by atoms with Gasteiger partial charge in [0.05, 0.1) is 41.2 Å². The van der Waals surface area contributed by atoms with Gasteiger partial charge in [0.25, 0.3) is 11.5 Å². The number of rotatable bonds is 6. The van der Waals surface area contributed by atoms with Crippen LogP contribution in [-0.4, -0.2) is 45.7 Å². The van der Waals surface area contributed by atoms with Gasteiger partial charge in [-0.1, -0.05) is 0 Å². The van der Waals surface area contributed by atoms with Crippen LogP contribution in [0, 0.1) is 18.3 Å². The summed E-state index contributed by atoms with van der Waals surface area (Å²) in [4.78, 5) is 32.0. The van der Waals surface area contributed by atoms with Crippen LogP contribution in [0.15, 0.2) is 41.2 Å². The molecule has 1 N–H and O–H groups in total. The minimum Gasteiger partial charge on any atom is -0.379 e. The first-order valence-corrected chi connectivity index (χ1v) is 12.7. The van der Waals surface area contributed by atoms with E-state index in [0.717, 1.165) is 6.07 Å². The number of amides is 1. The van der Waals surface area contributed by atoms with Gasteiger partial charge in [-0.2, -0.15) is 18.4 Å². The smallest absolute Gasteiger partial charge is 0.379 e. The van der Waals surface area contributed by atoms with Gasteiger partial charge in [0.2, 0.25) is 0 Å². The lowest BCUT2D eigenvalue weighted by molar-refractivity contribution is -0.138. The van der Waals surface area contributed by atoms with Gasteiger partial charge in [0.1, 0.15) is 5.82 Å². The average molecular weight is 542 g/mol. The third kappa shape index (κ3) is 6.06. The second kappa shape index (κ2) is 11.1. The molecule has 11 heteroatoms. The highest BCUT2D eigenvalue weighted by Gasteiger charge is 2.35. The lowest BCUT2D eigenvalue weighted by Crippen LogP contribution is -2.48. The lowest BCUT2D eigenvalue weighted by atomic mass is 9.98. The number of hydrogen-bond donors (Lipinski definition) is 1. The zero-order valence-corrected chi connectivity index (χ0v) is 22.2. The number of ether oxygens (including phenoxy) is 1. The highest BCUT2D eigenvalue weighted by Crippen LogP contribution is 2.37. The fourth-order valence-corrected chi connectivity index (χ4v) is 4.99. The Kier molecular flexibility index (Phi) is 7.97. The number of morpholine rings is 1. The van der Waals surface area contributed by atoms with Gasteiger partial charge >= 0.3 is 6.18 Å². The van der Waals surface area contributed by atoms with Crippen molar-refractivity contribution in [1.29, 1.82) is 5.26 Å². The van der Waals surface area contributed by atoms with E-state index >= 15 is 0 Å². The van der Waals surface area contributed by atoms with E-state index < -0.39 is 23.3 Å². The predicted molar refractivity (Wildman–Crippen MR) is 140 cm³/mol. The molecule has 4 rings (SSSR count). The Labute approximate surface area is 224 Å². The number of nitriles is 1. The van der Waals surface area contributed by atoms with Crippen LogP contribution < -0.4 is 10.9 Å². The highest BCUT2D eigenvalue weighted by molar-refractivity contribution is 5.94. The van der Waals surface area contributed by atoms with Crippen molar-refractivity contribution in [2.24, 2.45) is 0 Å². The minimum atomic E-state index is -4.67. The molecule has 8 nitrogen and oxygen atoms in total. The molecule has 2 aromatic carbocycles. The number of nitrogens with zero attached hydrogens (tertiary/aromatic N) is 4. The van der Waals surface area contributed by atoms with Crippen molar-refractivity contribution < 1.29 is 22.7 Å². The van der Waals surface area contributed by atoms with Gasteiger partial charge in [0.15, 0.2) is 0 Å². The molecule has 1 saturated heterocycles. The molecule has 0 saturated carbocycles. The van der Waals surface area contributed by atoms with Crippen LogP contribution in [0.2, 0.25) is 0 Å². The zero-order valence-electron chi connectivity index (χ0n) is 22.2. The Balaban J connectivity index is 1.63. The molecule has 1 aromatic heterocycles. The van der Waals surface area contributed by atoms with Gasteiger partial charge < -0.3 is 15.0 Å². The molecule has 2 heterocycles. The van der Waals surface area contributed by atoms with Crippen LogP contribution in [0.4, 0.5) is 18.9 Å². The molecule has 1 aliphatic heterocycles. The number of benzene rings is 2. The van der Waals surface area contributed by atoms with Crippen LogP contribution in [0.1, 0.15) is 60.5 Å². The monoisotopic (exact) mass is 541 g/mol. The largest absolute Gasteiger partial charge is 0.416 e. The Hall–Kier alpha value is -3.91. The van der Waals surface area contributed by atoms with Crippen molar-refractivity contribution >= 4 is 22.5 Å². The minimum absolute atomic E-state index is 0.0464. The van der Waals surface area contributed by atoms with E-state index in [9.17, 15) is 22.8 Å². The third-order valence-electron chi connectivity index (χ3n) is 6.76. The summed E-state index contributed by atoms with van der Waals surface area (Å²) < 4.78 is 49.2. The Morgan fingerprint density at radius 3 is 2.44 bits per heavy atom. The van der Waals surface area contributed by atoms with Gasteiger partial charge in [-0.05, 0) is 69.7 Å². The first kappa shape index (κ1) is 28.1. The van der Waals surface area contributed by atoms with Crippen LogP contribution in [0.5, 0.6) is 0 Å². The van der Waals surface area contributed by atoms with E-state index in [-0.39, 0.29) is 53.4 Å². The number of nitrogens with one attached hydrogen (secondary N) is 1. The summed E-state index contributed by atoms with van der Waals surface area (Å²) in [6.07, 6.45) is -4.74. The van der Waals surface area contributed by atoms with Crippen molar-refractivity contribution in [3.05, 3.63) is 69.3 Å². The molecular weight excluding hydrogens is 511 g/mol. The maximum Gasteiger partial charge on any atom is 0.416 e. The zero-order chi connectivity index (χ0) is 28.5. The second-order valence-corrected chi connectivity index (χ2v) is 9.89. The van der Waals surface area contributed by atoms with Crippen molar-refractivity contribution in [1.82, 2.24) is 14.5 Å². The number of alkyl halides is 3. The van der Waals surface area contributed by atoms with E-state index in [1.807, 2.05) is 19.9 Å². The van der Waals surface area contributed by atoms with Crippen LogP contribution in [-0.2, 0) is 17.5 Å². The van der Waals surface area contributed by atoms with Crippen LogP contribution in [0.3, 0.4) is 0 Å². The number of carbonyl (C=O) groups excluding carboxylic acids is 1. The highest BCUT2D eigenvalue weighted by atomic mass is 19.4. The molecule has 0 aliphatic carbocycles. The molecule has 3 aromatic rings. The van der Waals surface area contributed by atoms with Gasteiger partial charge in [-0.3, -0.25) is 14.2 Å². The number of hydrogen-bond acceptors (Lipinski definition) is 6. The van der Waals surface area contributed by atoms with E-state index in [4.69, 9.17) is 10.00 Å². The lowest BCUT2D eigenvalue weighted by Gasteiger charge is -2.35. The van der Waals surface area contributed by atoms with Crippen LogP contribution in [0.25, 0.3) is 10.9 Å². The maximum absolute atomic E-state index is 14.1. The topological polar surface area (TPSA) is 100 Å². The summed E-state index contributed by atoms with van der Waals surface area (Å²) in [5, 5.41) is 12.0. The molecular formula is C28H30F3N5O3. The Bertz CT molecular complexity index is 1470. The fourth-order valence-electron chi connectivity index (χ4n) is 4.99. The van der Waals surface area contributed by atoms with E-state index in [2.05, 4.69) is 10.3 Å². The number of aromatic nitrogens is 2. The van der Waals surface area contributed by atoms with Crippen molar-refractivity contribution in [3.63, 3.8) is 0 Å². The standard InChI is InChI=1S/C28H30F3N5O3/c1-16-14-35(15-17(2)39-16)26(37)20-6-8-21(9-7-20)33-18(3)22-12-23-25(13-24(22)28(29,30)31)34-19(4)36(27(23)38)11-5-10-32/h6-9,12-13,16-18,33H,5,11,14-15H2,1-4H3/t16-,17+,18-/m0/s1. The SMILES string of the molecule is Cc1nc2cc(C(F)(F)F)c([C@H](C)Nc3ccc(C(=O)N4C[C@@H](C)O[C@@H](C)C4)cc3)cc2c(=O)n1CCC#N. The van der Waals surface area contributed by atoms with E-state index in [1.165, 1.54) is 17.6 Å². The van der Waals surface area contributed by atoms with Crippen molar-refractivity contribution in [3.8, 4) is 6.07 Å². The molecule has 3 atom stereocenters. The van der Waals surface area contributed by atoms with Gasteiger partial charge in [0, 0.05) is 36.9 Å². The van der Waals surface area contributed by atoms with Crippen LogP contribution >= 0.6 is 0 Å². The average Bonchev–Trinajstić information content (AvgIpc) is 2.87. The molecule has 0 unspecified atom stereocenters. The van der Waals surface area contributed by atoms with Gasteiger partial charge in [-0.25, -0.2) is 4.98 Å². The molecule has 1 fully saturated rings. The molecule has 1 aliphatic rings. The summed E-state index contributed by atoms with van der Waals surface area (Å²) in [5.74, 6) is 0.103. The number of carbonyl (C=O) groups is 1. The summed E-state index contributed by atoms with van der Waals surface area (Å²) in [6.45, 7) is 7.97. The van der Waals surface area contributed by atoms with Gasteiger partial charge in [-0.15, -0.1) is 0 Å². The molecule has 1 amide bonds. The number of fused-ring (bicyclic) bond motifs is 1. The van der Waals surface area contributed by atoms with Crippen molar-refractivity contribution in [2.45, 2.75) is 65.1 Å². The molecule has 0 spiro atoms. The number of halogens is 3. The first-order valence-electron chi connectivity index (χ1n) is 12.7. The molecule has 0 radical (unpaired) electrons. The third-order valence-corrected chi connectivity index (χ3v) is 6.76. The Morgan fingerprint density at radius 2 is 1.85 bits per heavy atom. The summed E-state index contributed by atoms with van der Waals surface area (Å²) in [6, 6.07) is 9.81.